The van der Waals surface area contributed by atoms with Crippen LogP contribution >= 0.6 is 0 Å². The number of hydrogen-bond acceptors (Lipinski definition) is 5. The minimum absolute atomic E-state index is 0.0702. The molecule has 2 aliphatic heterocycles. The molecule has 7 nitrogen and oxygen atoms in total. The molecule has 0 unspecified atom stereocenters. The van der Waals surface area contributed by atoms with Crippen LogP contribution in [-0.2, 0) is 19.0 Å². The van der Waals surface area contributed by atoms with Crippen LogP contribution in [0.1, 0.15) is 19.3 Å². The minimum Gasteiger partial charge on any atom is -0.448 e. The largest absolute Gasteiger partial charge is 0.448 e. The maximum atomic E-state index is 11.9. The topological polar surface area (TPSA) is 77.1 Å². The van der Waals surface area contributed by atoms with Crippen LogP contribution in [0.25, 0.3) is 0 Å². The zero-order valence-electron chi connectivity index (χ0n) is 11.4. The van der Waals surface area contributed by atoms with Crippen molar-refractivity contribution in [2.24, 2.45) is 0 Å². The third kappa shape index (κ3) is 3.04. The van der Waals surface area contributed by atoms with Gasteiger partial charge in [-0.05, 0) is 19.3 Å². The summed E-state index contributed by atoms with van der Waals surface area (Å²) in [5.74, 6) is -0.135. The highest BCUT2D eigenvalue weighted by Crippen LogP contribution is 2.26. The van der Waals surface area contributed by atoms with Gasteiger partial charge in [0.1, 0.15) is 13.2 Å². The summed E-state index contributed by atoms with van der Waals surface area (Å²) in [5, 5.41) is 2.98. The van der Waals surface area contributed by atoms with Gasteiger partial charge in [-0.2, -0.15) is 0 Å². The summed E-state index contributed by atoms with van der Waals surface area (Å²) in [6.07, 6.45) is 2.42. The van der Waals surface area contributed by atoms with Gasteiger partial charge in [-0.15, -0.1) is 0 Å². The molecular formula is C13H20N2O5. The molecule has 3 rings (SSSR count). The van der Waals surface area contributed by atoms with E-state index < -0.39 is 6.09 Å². The van der Waals surface area contributed by atoms with Crippen molar-refractivity contribution in [2.75, 3.05) is 32.9 Å². The molecule has 3 atom stereocenters. The molecule has 0 radical (unpaired) electrons. The predicted molar refractivity (Wildman–Crippen MR) is 68.2 cm³/mol. The van der Waals surface area contributed by atoms with Crippen molar-refractivity contribution in [1.29, 1.82) is 0 Å². The second kappa shape index (κ2) is 5.97. The van der Waals surface area contributed by atoms with Crippen LogP contribution in [0.15, 0.2) is 0 Å². The SMILES string of the molecule is O=C(CN1CCOC1=O)N[C@@H]1CC[C@H]2OCCO[C@H]2C1. The molecule has 112 valence electrons. The van der Waals surface area contributed by atoms with Crippen molar-refractivity contribution in [3.63, 3.8) is 0 Å². The second-order valence-electron chi connectivity index (χ2n) is 5.43. The fourth-order valence-corrected chi connectivity index (χ4v) is 3.01. The van der Waals surface area contributed by atoms with E-state index in [1.165, 1.54) is 4.90 Å². The zero-order chi connectivity index (χ0) is 13.9. The van der Waals surface area contributed by atoms with Gasteiger partial charge in [-0.3, -0.25) is 9.69 Å². The molecule has 20 heavy (non-hydrogen) atoms. The van der Waals surface area contributed by atoms with E-state index in [2.05, 4.69) is 5.32 Å². The van der Waals surface area contributed by atoms with E-state index >= 15 is 0 Å². The molecule has 2 saturated heterocycles. The van der Waals surface area contributed by atoms with E-state index in [0.717, 1.165) is 19.3 Å². The fourth-order valence-electron chi connectivity index (χ4n) is 3.01. The van der Waals surface area contributed by atoms with Crippen molar-refractivity contribution in [1.82, 2.24) is 10.2 Å². The van der Waals surface area contributed by atoms with Crippen molar-refractivity contribution in [2.45, 2.75) is 37.5 Å². The highest BCUT2D eigenvalue weighted by Gasteiger charge is 2.35. The molecule has 7 heteroatoms. The summed E-state index contributed by atoms with van der Waals surface area (Å²) >= 11 is 0. The molecule has 0 aromatic heterocycles. The first-order chi connectivity index (χ1) is 9.72. The first kappa shape index (κ1) is 13.6. The first-order valence-electron chi connectivity index (χ1n) is 7.16. The Balaban J connectivity index is 1.45. The lowest BCUT2D eigenvalue weighted by atomic mass is 9.89. The van der Waals surface area contributed by atoms with Crippen LogP contribution in [-0.4, -0.2) is 68.1 Å². The smallest absolute Gasteiger partial charge is 0.410 e. The number of rotatable bonds is 3. The zero-order valence-corrected chi connectivity index (χ0v) is 11.4. The number of cyclic esters (lactones) is 1. The van der Waals surface area contributed by atoms with Crippen LogP contribution in [0.4, 0.5) is 4.79 Å². The standard InChI is InChI=1S/C13H20N2O5/c16-12(8-15-3-4-20-13(15)17)14-9-1-2-10-11(7-9)19-6-5-18-10/h9-11H,1-8H2,(H,14,16)/t9-,10-,11+/m1/s1. The number of hydrogen-bond donors (Lipinski definition) is 1. The number of nitrogens with one attached hydrogen (secondary N) is 1. The lowest BCUT2D eigenvalue weighted by Gasteiger charge is -2.39. The van der Waals surface area contributed by atoms with Crippen LogP contribution in [0.5, 0.6) is 0 Å². The third-order valence-corrected chi connectivity index (χ3v) is 4.02. The van der Waals surface area contributed by atoms with Crippen molar-refractivity contribution in [3.05, 3.63) is 0 Å². The highest BCUT2D eigenvalue weighted by atomic mass is 16.6. The normalized spacial score (nSPS) is 33.5. The maximum absolute atomic E-state index is 11.9. The molecule has 1 aliphatic carbocycles. The quantitative estimate of drug-likeness (QED) is 0.782. The molecule has 1 N–H and O–H groups in total. The Morgan fingerprint density at radius 3 is 2.75 bits per heavy atom. The lowest BCUT2D eigenvalue weighted by Crippen LogP contribution is -2.50. The van der Waals surface area contributed by atoms with Gasteiger partial charge in [0, 0.05) is 6.04 Å². The van der Waals surface area contributed by atoms with Gasteiger partial charge < -0.3 is 19.5 Å². The molecule has 3 fully saturated rings. The van der Waals surface area contributed by atoms with E-state index in [9.17, 15) is 9.59 Å². The number of amides is 2. The molecule has 0 bridgehead atoms. The molecule has 1 saturated carbocycles. The van der Waals surface area contributed by atoms with Gasteiger partial charge >= 0.3 is 6.09 Å². The fraction of sp³-hybridized carbons (Fsp3) is 0.846. The summed E-state index contributed by atoms with van der Waals surface area (Å²) in [5.41, 5.74) is 0. The summed E-state index contributed by atoms with van der Waals surface area (Å²) in [6.45, 7) is 2.21. The average Bonchev–Trinajstić information content (AvgIpc) is 2.84. The number of carbonyl (C=O) groups excluding carboxylic acids is 2. The van der Waals surface area contributed by atoms with Crippen molar-refractivity contribution < 1.29 is 23.8 Å². The van der Waals surface area contributed by atoms with Gasteiger partial charge in [-0.1, -0.05) is 0 Å². The van der Waals surface area contributed by atoms with E-state index in [4.69, 9.17) is 14.2 Å². The Hall–Kier alpha value is -1.34. The summed E-state index contributed by atoms with van der Waals surface area (Å²) in [7, 11) is 0. The lowest BCUT2D eigenvalue weighted by molar-refractivity contribution is -0.158. The Morgan fingerprint density at radius 2 is 2.00 bits per heavy atom. The van der Waals surface area contributed by atoms with Crippen LogP contribution in [0.2, 0.25) is 0 Å². The molecule has 3 aliphatic rings. The molecule has 2 heterocycles. The van der Waals surface area contributed by atoms with E-state index in [1.807, 2.05) is 0 Å². The maximum Gasteiger partial charge on any atom is 0.410 e. The van der Waals surface area contributed by atoms with Gasteiger partial charge in [0.2, 0.25) is 5.91 Å². The second-order valence-corrected chi connectivity index (χ2v) is 5.43. The Bertz CT molecular complexity index is 389. The van der Waals surface area contributed by atoms with Crippen LogP contribution < -0.4 is 5.32 Å². The van der Waals surface area contributed by atoms with E-state index in [0.29, 0.717) is 26.4 Å². The number of nitrogens with zero attached hydrogens (tertiary/aromatic N) is 1. The van der Waals surface area contributed by atoms with E-state index in [-0.39, 0.29) is 30.7 Å². The first-order valence-corrected chi connectivity index (χ1v) is 7.16. The monoisotopic (exact) mass is 284 g/mol. The number of carbonyl (C=O) groups is 2. The average molecular weight is 284 g/mol. The summed E-state index contributed by atoms with van der Waals surface area (Å²) < 4.78 is 16.1. The van der Waals surface area contributed by atoms with E-state index in [1.54, 1.807) is 0 Å². The van der Waals surface area contributed by atoms with Crippen LogP contribution in [0, 0.1) is 0 Å². The minimum atomic E-state index is -0.409. The van der Waals surface area contributed by atoms with Crippen LogP contribution in [0.3, 0.4) is 0 Å². The number of ether oxygens (including phenoxy) is 3. The van der Waals surface area contributed by atoms with Gasteiger partial charge in [0.05, 0.1) is 32.0 Å². The molecular weight excluding hydrogens is 264 g/mol. The molecule has 0 aromatic carbocycles. The predicted octanol–water partition coefficient (Wildman–Crippen LogP) is -0.109. The van der Waals surface area contributed by atoms with Gasteiger partial charge in [0.25, 0.3) is 0 Å². The third-order valence-electron chi connectivity index (χ3n) is 4.02. The number of fused-ring (bicyclic) bond motifs is 1. The van der Waals surface area contributed by atoms with Gasteiger partial charge in [0.15, 0.2) is 0 Å². The summed E-state index contributed by atoms with van der Waals surface area (Å²) in [6, 6.07) is 0.101. The summed E-state index contributed by atoms with van der Waals surface area (Å²) in [4.78, 5) is 24.6. The van der Waals surface area contributed by atoms with Crippen molar-refractivity contribution in [3.8, 4) is 0 Å². The Kier molecular flexibility index (Phi) is 4.07. The molecule has 2 amide bonds. The Labute approximate surface area is 117 Å². The molecule has 0 aromatic rings. The molecule has 0 spiro atoms. The Morgan fingerprint density at radius 1 is 1.20 bits per heavy atom. The highest BCUT2D eigenvalue weighted by molar-refractivity contribution is 5.83. The van der Waals surface area contributed by atoms with Gasteiger partial charge in [-0.25, -0.2) is 4.79 Å². The van der Waals surface area contributed by atoms with Crippen molar-refractivity contribution >= 4 is 12.0 Å².